The van der Waals surface area contributed by atoms with E-state index in [0.29, 0.717) is 5.56 Å². The zero-order chi connectivity index (χ0) is 13.1. The number of carbonyl (C=O) groups is 1. The van der Waals surface area contributed by atoms with Gasteiger partial charge in [-0.2, -0.15) is 0 Å². The summed E-state index contributed by atoms with van der Waals surface area (Å²) in [7, 11) is 0. The van der Waals surface area contributed by atoms with E-state index in [9.17, 15) is 9.18 Å². The van der Waals surface area contributed by atoms with Gasteiger partial charge in [-0.15, -0.1) is 0 Å². The minimum absolute atomic E-state index is 0.0181. The molecule has 2 aromatic rings. The minimum atomic E-state index is -0.680. The highest BCUT2D eigenvalue weighted by atomic mass is 35.5. The van der Waals surface area contributed by atoms with E-state index >= 15 is 0 Å². The van der Waals surface area contributed by atoms with E-state index in [2.05, 4.69) is 4.98 Å². The lowest BCUT2D eigenvalue weighted by molar-refractivity contribution is 0.0728. The third-order valence-corrected chi connectivity index (χ3v) is 2.59. The molecule has 0 aliphatic heterocycles. The Morgan fingerprint density at radius 2 is 2.17 bits per heavy atom. The first kappa shape index (κ1) is 12.5. The molecule has 0 bridgehead atoms. The minimum Gasteiger partial charge on any atom is -0.420 e. The van der Waals surface area contributed by atoms with Crippen LogP contribution in [-0.4, -0.2) is 11.0 Å². The van der Waals surface area contributed by atoms with Gasteiger partial charge in [0, 0.05) is 12.3 Å². The van der Waals surface area contributed by atoms with E-state index in [1.54, 1.807) is 19.1 Å². The van der Waals surface area contributed by atoms with Crippen LogP contribution in [0.25, 0.3) is 0 Å². The standard InChI is InChI=1S/C13H9ClFNO2/c1-8-6-9(14)12(7-10(8)15)18-13(17)11-4-2-3-5-16-11/h2-7H,1H3. The van der Waals surface area contributed by atoms with Crippen molar-refractivity contribution >= 4 is 17.6 Å². The van der Waals surface area contributed by atoms with Crippen LogP contribution in [0.15, 0.2) is 36.5 Å². The molecule has 92 valence electrons. The van der Waals surface area contributed by atoms with Crippen LogP contribution >= 0.6 is 11.6 Å². The van der Waals surface area contributed by atoms with Crippen LogP contribution in [0.1, 0.15) is 16.1 Å². The predicted molar refractivity (Wildman–Crippen MR) is 65.3 cm³/mol. The molecule has 0 unspecified atom stereocenters. The molecule has 3 nitrogen and oxygen atoms in total. The van der Waals surface area contributed by atoms with Crippen LogP contribution in [0.5, 0.6) is 5.75 Å². The van der Waals surface area contributed by atoms with Crippen molar-refractivity contribution in [1.82, 2.24) is 4.98 Å². The molecule has 0 fully saturated rings. The van der Waals surface area contributed by atoms with Gasteiger partial charge in [-0.25, -0.2) is 14.2 Å². The van der Waals surface area contributed by atoms with Crippen LogP contribution in [0, 0.1) is 12.7 Å². The number of aryl methyl sites for hydroxylation is 1. The van der Waals surface area contributed by atoms with Crippen molar-refractivity contribution in [2.45, 2.75) is 6.92 Å². The smallest absolute Gasteiger partial charge is 0.362 e. The zero-order valence-corrected chi connectivity index (χ0v) is 10.2. The van der Waals surface area contributed by atoms with E-state index < -0.39 is 11.8 Å². The Kier molecular flexibility index (Phi) is 3.58. The summed E-state index contributed by atoms with van der Waals surface area (Å²) in [6.45, 7) is 1.57. The number of esters is 1. The third kappa shape index (κ3) is 2.65. The van der Waals surface area contributed by atoms with Crippen molar-refractivity contribution in [2.24, 2.45) is 0 Å². The fourth-order valence-electron chi connectivity index (χ4n) is 1.34. The van der Waals surface area contributed by atoms with Gasteiger partial charge in [-0.3, -0.25) is 0 Å². The van der Waals surface area contributed by atoms with E-state index in [0.717, 1.165) is 6.07 Å². The first-order chi connectivity index (χ1) is 8.58. The number of rotatable bonds is 2. The Morgan fingerprint density at radius 1 is 1.39 bits per heavy atom. The monoisotopic (exact) mass is 265 g/mol. The molecule has 18 heavy (non-hydrogen) atoms. The lowest BCUT2D eigenvalue weighted by atomic mass is 10.2. The quantitative estimate of drug-likeness (QED) is 0.617. The fraction of sp³-hybridized carbons (Fsp3) is 0.0769. The number of aromatic nitrogens is 1. The van der Waals surface area contributed by atoms with Crippen molar-refractivity contribution in [3.63, 3.8) is 0 Å². The van der Waals surface area contributed by atoms with Gasteiger partial charge in [0.25, 0.3) is 0 Å². The topological polar surface area (TPSA) is 39.2 Å². The molecule has 0 N–H and O–H groups in total. The maximum absolute atomic E-state index is 13.3. The maximum atomic E-state index is 13.3. The Bertz CT molecular complexity index is 587. The molecular formula is C13H9ClFNO2. The van der Waals surface area contributed by atoms with Crippen LogP contribution in [0.2, 0.25) is 5.02 Å². The van der Waals surface area contributed by atoms with E-state index in [4.69, 9.17) is 16.3 Å². The van der Waals surface area contributed by atoms with Gasteiger partial charge in [-0.1, -0.05) is 17.7 Å². The molecule has 5 heteroatoms. The Morgan fingerprint density at radius 3 is 2.83 bits per heavy atom. The molecule has 1 aromatic carbocycles. The highest BCUT2D eigenvalue weighted by Crippen LogP contribution is 2.27. The molecule has 0 saturated carbocycles. The van der Waals surface area contributed by atoms with Gasteiger partial charge in [0.05, 0.1) is 5.02 Å². The number of pyridine rings is 1. The molecule has 0 spiro atoms. The van der Waals surface area contributed by atoms with E-state index in [1.165, 1.54) is 18.3 Å². The maximum Gasteiger partial charge on any atom is 0.362 e. The lowest BCUT2D eigenvalue weighted by Gasteiger charge is -2.07. The third-order valence-electron chi connectivity index (χ3n) is 2.29. The van der Waals surface area contributed by atoms with E-state index in [-0.39, 0.29) is 16.5 Å². The number of halogens is 2. The first-order valence-electron chi connectivity index (χ1n) is 5.17. The van der Waals surface area contributed by atoms with E-state index in [1.807, 2.05) is 0 Å². The molecule has 0 saturated heterocycles. The van der Waals surface area contributed by atoms with Gasteiger partial charge in [0.1, 0.15) is 11.5 Å². The number of benzene rings is 1. The van der Waals surface area contributed by atoms with Gasteiger partial charge >= 0.3 is 5.97 Å². The van der Waals surface area contributed by atoms with Crippen molar-refractivity contribution in [3.05, 3.63) is 58.6 Å². The molecule has 0 aliphatic carbocycles. The lowest BCUT2D eigenvalue weighted by Crippen LogP contribution is -2.10. The number of nitrogens with zero attached hydrogens (tertiary/aromatic N) is 1. The van der Waals surface area contributed by atoms with Crippen LogP contribution in [0.3, 0.4) is 0 Å². The number of ether oxygens (including phenoxy) is 1. The summed E-state index contributed by atoms with van der Waals surface area (Å²) in [4.78, 5) is 15.5. The van der Waals surface area contributed by atoms with Crippen LogP contribution < -0.4 is 4.74 Å². The Balaban J connectivity index is 2.25. The van der Waals surface area contributed by atoms with Crippen LogP contribution in [0.4, 0.5) is 4.39 Å². The molecule has 1 heterocycles. The SMILES string of the molecule is Cc1cc(Cl)c(OC(=O)c2ccccn2)cc1F. The first-order valence-corrected chi connectivity index (χ1v) is 5.54. The van der Waals surface area contributed by atoms with Crippen molar-refractivity contribution in [2.75, 3.05) is 0 Å². The van der Waals surface area contributed by atoms with Gasteiger partial charge in [0.15, 0.2) is 5.75 Å². The second-order valence-electron chi connectivity index (χ2n) is 3.64. The number of hydrogen-bond acceptors (Lipinski definition) is 3. The molecule has 0 radical (unpaired) electrons. The largest absolute Gasteiger partial charge is 0.420 e. The molecule has 0 amide bonds. The molecule has 1 aromatic heterocycles. The van der Waals surface area contributed by atoms with Crippen molar-refractivity contribution < 1.29 is 13.9 Å². The zero-order valence-electron chi connectivity index (χ0n) is 9.48. The average Bonchev–Trinajstić information content (AvgIpc) is 2.37. The molecule has 0 atom stereocenters. The summed E-state index contributed by atoms with van der Waals surface area (Å²) in [5.74, 6) is -1.18. The highest BCUT2D eigenvalue weighted by Gasteiger charge is 2.13. The molecule has 2 rings (SSSR count). The average molecular weight is 266 g/mol. The number of carbonyl (C=O) groups excluding carboxylic acids is 1. The van der Waals surface area contributed by atoms with Crippen molar-refractivity contribution in [1.29, 1.82) is 0 Å². The normalized spacial score (nSPS) is 10.2. The predicted octanol–water partition coefficient (Wildman–Crippen LogP) is 3.40. The van der Waals surface area contributed by atoms with Gasteiger partial charge in [-0.05, 0) is 30.7 Å². The summed E-state index contributed by atoms with van der Waals surface area (Å²) in [5.41, 5.74) is 0.521. The van der Waals surface area contributed by atoms with Crippen LogP contribution in [-0.2, 0) is 0 Å². The Labute approximate surface area is 108 Å². The highest BCUT2D eigenvalue weighted by molar-refractivity contribution is 6.32. The summed E-state index contributed by atoms with van der Waals surface area (Å²) in [6, 6.07) is 7.31. The van der Waals surface area contributed by atoms with Crippen molar-refractivity contribution in [3.8, 4) is 5.75 Å². The van der Waals surface area contributed by atoms with Gasteiger partial charge in [0.2, 0.25) is 0 Å². The molecular weight excluding hydrogens is 257 g/mol. The summed E-state index contributed by atoms with van der Waals surface area (Å²) in [6.07, 6.45) is 1.47. The summed E-state index contributed by atoms with van der Waals surface area (Å²) < 4.78 is 18.3. The number of hydrogen-bond donors (Lipinski definition) is 0. The van der Waals surface area contributed by atoms with Gasteiger partial charge < -0.3 is 4.74 Å². The fourth-order valence-corrected chi connectivity index (χ4v) is 1.60. The molecule has 0 aliphatic rings. The second kappa shape index (κ2) is 5.14. The summed E-state index contributed by atoms with van der Waals surface area (Å²) in [5, 5.41) is 0.179. The Hall–Kier alpha value is -1.94. The second-order valence-corrected chi connectivity index (χ2v) is 4.04. The summed E-state index contributed by atoms with van der Waals surface area (Å²) >= 11 is 5.87.